The maximum Gasteiger partial charge on any atom is 0.256 e. The molecule has 1 fully saturated rings. The van der Waals surface area contributed by atoms with Gasteiger partial charge in [-0.15, -0.1) is 0 Å². The van der Waals surface area contributed by atoms with Crippen molar-refractivity contribution in [3.63, 3.8) is 0 Å². The minimum atomic E-state index is -0.171. The number of nitrogens with zero attached hydrogens (tertiary/aromatic N) is 5. The van der Waals surface area contributed by atoms with Gasteiger partial charge in [-0.1, -0.05) is 30.3 Å². The number of carbonyl (C=O) groups excluding carboxylic acids is 1. The van der Waals surface area contributed by atoms with E-state index in [9.17, 15) is 4.79 Å². The number of aryl methyl sites for hydroxylation is 2. The zero-order valence-corrected chi connectivity index (χ0v) is 19.4. The minimum Gasteiger partial charge on any atom is -0.362 e. The Kier molecular flexibility index (Phi) is 5.46. The summed E-state index contributed by atoms with van der Waals surface area (Å²) in [7, 11) is 1.62. The Balaban J connectivity index is 1.57. The van der Waals surface area contributed by atoms with E-state index in [1.165, 1.54) is 0 Å². The Morgan fingerprint density at radius 1 is 1.09 bits per heavy atom. The van der Waals surface area contributed by atoms with Crippen LogP contribution in [0, 0.1) is 20.8 Å². The molecule has 1 amide bonds. The predicted octanol–water partition coefficient (Wildman–Crippen LogP) is 4.33. The number of methoxy groups -OCH3 is 1. The molecule has 4 aromatic rings. The van der Waals surface area contributed by atoms with Crippen LogP contribution >= 0.6 is 0 Å². The summed E-state index contributed by atoms with van der Waals surface area (Å²) in [4.78, 5) is 18.5. The maximum absolute atomic E-state index is 13.6. The van der Waals surface area contributed by atoms with Crippen LogP contribution in [0.5, 0.6) is 0 Å². The van der Waals surface area contributed by atoms with E-state index in [1.54, 1.807) is 11.8 Å². The van der Waals surface area contributed by atoms with Crippen LogP contribution < -0.4 is 5.32 Å². The van der Waals surface area contributed by atoms with E-state index in [4.69, 9.17) is 14.8 Å². The van der Waals surface area contributed by atoms with Crippen molar-refractivity contribution in [3.8, 4) is 0 Å². The van der Waals surface area contributed by atoms with Crippen molar-refractivity contribution in [2.75, 3.05) is 12.4 Å². The molecule has 0 spiro atoms. The number of anilines is 1. The third kappa shape index (κ3) is 4.02. The molecule has 1 aliphatic rings. The molecule has 1 aromatic carbocycles. The molecule has 0 atom stereocenters. The lowest BCUT2D eigenvalue weighted by Gasteiger charge is -2.10. The largest absolute Gasteiger partial charge is 0.362 e. The Labute approximate surface area is 192 Å². The van der Waals surface area contributed by atoms with Crippen molar-refractivity contribution in [1.29, 1.82) is 0 Å². The molecule has 1 aliphatic carbocycles. The normalized spacial score (nSPS) is 13.6. The summed E-state index contributed by atoms with van der Waals surface area (Å²) < 4.78 is 8.86. The van der Waals surface area contributed by atoms with Crippen LogP contribution in [0.4, 0.5) is 5.69 Å². The first kappa shape index (κ1) is 21.3. The number of hydrogen-bond donors (Lipinski definition) is 1. The van der Waals surface area contributed by atoms with E-state index in [1.807, 2.05) is 49.7 Å². The average Bonchev–Trinajstić information content (AvgIpc) is 3.57. The fraction of sp³-hybridized carbons (Fsp3) is 0.360. The fourth-order valence-electron chi connectivity index (χ4n) is 4.31. The number of pyridine rings is 1. The predicted molar refractivity (Wildman–Crippen MR) is 126 cm³/mol. The maximum atomic E-state index is 13.6. The van der Waals surface area contributed by atoms with Crippen LogP contribution in [0.1, 0.15) is 57.5 Å². The first-order valence-electron chi connectivity index (χ1n) is 11.2. The zero-order chi connectivity index (χ0) is 23.1. The van der Waals surface area contributed by atoms with Gasteiger partial charge in [0.1, 0.15) is 6.73 Å². The van der Waals surface area contributed by atoms with Crippen LogP contribution in [-0.2, 0) is 18.0 Å². The lowest BCUT2D eigenvalue weighted by Crippen LogP contribution is -2.15. The van der Waals surface area contributed by atoms with Gasteiger partial charge in [0, 0.05) is 18.7 Å². The Hall–Kier alpha value is -3.52. The quantitative estimate of drug-likeness (QED) is 0.458. The highest BCUT2D eigenvalue weighted by Crippen LogP contribution is 2.40. The highest BCUT2D eigenvalue weighted by atomic mass is 16.5. The van der Waals surface area contributed by atoms with E-state index in [0.717, 1.165) is 52.2 Å². The summed E-state index contributed by atoms with van der Waals surface area (Å²) in [5.74, 6) is 0.240. The highest BCUT2D eigenvalue weighted by Gasteiger charge is 2.29. The third-order valence-electron chi connectivity index (χ3n) is 6.18. The van der Waals surface area contributed by atoms with Gasteiger partial charge in [0.05, 0.1) is 40.3 Å². The second-order valence-electron chi connectivity index (χ2n) is 8.71. The van der Waals surface area contributed by atoms with Gasteiger partial charge in [0.15, 0.2) is 5.65 Å². The third-order valence-corrected chi connectivity index (χ3v) is 6.18. The first-order valence-corrected chi connectivity index (χ1v) is 11.2. The number of nitrogens with one attached hydrogen (secondary N) is 1. The molecule has 0 aliphatic heterocycles. The number of carbonyl (C=O) groups is 1. The van der Waals surface area contributed by atoms with Crippen LogP contribution in [0.25, 0.3) is 11.0 Å². The van der Waals surface area contributed by atoms with Crippen molar-refractivity contribution in [2.24, 2.45) is 0 Å². The van der Waals surface area contributed by atoms with Crippen LogP contribution in [-0.4, -0.2) is 37.6 Å². The Morgan fingerprint density at radius 3 is 2.52 bits per heavy atom. The van der Waals surface area contributed by atoms with Crippen molar-refractivity contribution < 1.29 is 9.53 Å². The second kappa shape index (κ2) is 8.44. The van der Waals surface area contributed by atoms with E-state index >= 15 is 0 Å². The summed E-state index contributed by atoms with van der Waals surface area (Å²) in [5.41, 5.74) is 6.59. The van der Waals surface area contributed by atoms with Gasteiger partial charge in [-0.25, -0.2) is 14.3 Å². The van der Waals surface area contributed by atoms with Crippen molar-refractivity contribution in [3.05, 3.63) is 70.3 Å². The topological polar surface area (TPSA) is 86.9 Å². The number of hydrogen-bond acceptors (Lipinski definition) is 5. The SMILES string of the molecule is COCn1nc(C)c(NC(=O)c2cc(C3CC3)nc3c2c(C)nn3Cc2ccccc2)c1C. The molecule has 5 rings (SSSR count). The monoisotopic (exact) mass is 444 g/mol. The van der Waals surface area contributed by atoms with E-state index in [-0.39, 0.29) is 5.91 Å². The summed E-state index contributed by atoms with van der Waals surface area (Å²) in [6.45, 7) is 6.69. The van der Waals surface area contributed by atoms with Gasteiger partial charge in [-0.3, -0.25) is 4.79 Å². The van der Waals surface area contributed by atoms with Gasteiger partial charge in [0.2, 0.25) is 0 Å². The zero-order valence-electron chi connectivity index (χ0n) is 19.4. The van der Waals surface area contributed by atoms with E-state index < -0.39 is 0 Å². The number of amides is 1. The lowest BCUT2D eigenvalue weighted by atomic mass is 10.1. The molecule has 1 saturated carbocycles. The summed E-state index contributed by atoms with van der Waals surface area (Å²) in [6.07, 6.45) is 2.21. The van der Waals surface area contributed by atoms with Crippen molar-refractivity contribution in [1.82, 2.24) is 24.5 Å². The van der Waals surface area contributed by atoms with E-state index in [0.29, 0.717) is 30.4 Å². The summed E-state index contributed by atoms with van der Waals surface area (Å²) >= 11 is 0. The molecule has 3 heterocycles. The molecular weight excluding hydrogens is 416 g/mol. The van der Waals surface area contributed by atoms with Crippen molar-refractivity contribution >= 4 is 22.6 Å². The first-order chi connectivity index (χ1) is 16.0. The smallest absolute Gasteiger partial charge is 0.256 e. The molecular formula is C25H28N6O2. The van der Waals surface area contributed by atoms with E-state index in [2.05, 4.69) is 22.5 Å². The summed E-state index contributed by atoms with van der Waals surface area (Å²) in [5, 5.41) is 13.1. The molecule has 0 bridgehead atoms. The van der Waals surface area contributed by atoms with Gasteiger partial charge in [-0.2, -0.15) is 10.2 Å². The number of rotatable bonds is 7. The molecule has 8 heteroatoms. The average molecular weight is 445 g/mol. The van der Waals surface area contributed by atoms with Gasteiger partial charge >= 0.3 is 0 Å². The lowest BCUT2D eigenvalue weighted by molar-refractivity contribution is 0.102. The standard InChI is InChI=1S/C25H28N6O2/c1-15-22-20(25(32)27-23-16(2)29-31(14-33-4)17(23)3)12-21(19-10-11-19)26-24(22)30(28-15)13-18-8-6-5-7-9-18/h5-9,12,19H,10-11,13-14H2,1-4H3,(H,27,32). The number of benzene rings is 1. The fourth-order valence-corrected chi connectivity index (χ4v) is 4.31. The minimum absolute atomic E-state index is 0.171. The second-order valence-corrected chi connectivity index (χ2v) is 8.71. The number of ether oxygens (including phenoxy) is 1. The highest BCUT2D eigenvalue weighted by molar-refractivity contribution is 6.13. The van der Waals surface area contributed by atoms with Gasteiger partial charge < -0.3 is 10.1 Å². The van der Waals surface area contributed by atoms with Crippen LogP contribution in [0.3, 0.4) is 0 Å². The number of aromatic nitrogens is 5. The number of fused-ring (bicyclic) bond motifs is 1. The molecule has 33 heavy (non-hydrogen) atoms. The molecule has 3 aromatic heterocycles. The molecule has 0 saturated heterocycles. The van der Waals surface area contributed by atoms with Crippen molar-refractivity contribution in [2.45, 2.75) is 52.8 Å². The van der Waals surface area contributed by atoms with Gasteiger partial charge in [-0.05, 0) is 45.2 Å². The molecule has 170 valence electrons. The molecule has 0 unspecified atom stereocenters. The molecule has 0 radical (unpaired) electrons. The molecule has 1 N–H and O–H groups in total. The molecule has 8 nitrogen and oxygen atoms in total. The van der Waals surface area contributed by atoms with Crippen LogP contribution in [0.2, 0.25) is 0 Å². The Bertz CT molecular complexity index is 1330. The summed E-state index contributed by atoms with van der Waals surface area (Å²) in [6, 6.07) is 12.1. The van der Waals surface area contributed by atoms with Gasteiger partial charge in [0.25, 0.3) is 5.91 Å². The van der Waals surface area contributed by atoms with Crippen LogP contribution in [0.15, 0.2) is 36.4 Å². The Morgan fingerprint density at radius 2 is 1.82 bits per heavy atom.